The first kappa shape index (κ1) is 21.0. The summed E-state index contributed by atoms with van der Waals surface area (Å²) in [4.78, 5) is 0. The van der Waals surface area contributed by atoms with E-state index in [0.29, 0.717) is 15.8 Å². The van der Waals surface area contributed by atoms with E-state index in [1.807, 2.05) is 60.7 Å². The minimum Gasteiger partial charge on any atom is -0.369 e. The molecule has 2 aromatic carbocycles. The normalized spacial score (nSPS) is 10.5. The van der Waals surface area contributed by atoms with Crippen LogP contribution >= 0.6 is 40.2 Å². The van der Waals surface area contributed by atoms with Gasteiger partial charge in [-0.15, -0.1) is 27.2 Å². The number of halogens is 3. The van der Waals surface area contributed by atoms with Crippen molar-refractivity contribution in [2.45, 2.75) is 0 Å². The maximum Gasteiger partial charge on any atom is 0.211 e. The second-order valence-electron chi connectivity index (χ2n) is 4.76. The van der Waals surface area contributed by atoms with Crippen LogP contribution in [0.4, 0.5) is 0 Å². The molecule has 0 saturated heterocycles. The van der Waals surface area contributed by atoms with Crippen molar-refractivity contribution in [1.29, 1.82) is 0 Å². The summed E-state index contributed by atoms with van der Waals surface area (Å²) in [5.74, 6) is -0.121. The average Bonchev–Trinajstić information content (AvgIpc) is 2.56. The first-order chi connectivity index (χ1) is 11.6. The molecule has 0 saturated carbocycles. The van der Waals surface area contributed by atoms with Gasteiger partial charge in [-0.2, -0.15) is 0 Å². The monoisotopic (exact) mass is 438 g/mol. The maximum atomic E-state index is 6.13. The molecular formula is C18H17BrCl2N4. The lowest BCUT2D eigenvalue weighted by Gasteiger charge is -1.98. The first-order valence-corrected chi connectivity index (χ1v) is 7.83. The zero-order valence-corrected chi connectivity index (χ0v) is 16.4. The lowest BCUT2D eigenvalue weighted by atomic mass is 10.1. The van der Waals surface area contributed by atoms with Crippen molar-refractivity contribution >= 4 is 64.0 Å². The van der Waals surface area contributed by atoms with Crippen LogP contribution in [0.2, 0.25) is 10.0 Å². The zero-order valence-electron chi connectivity index (χ0n) is 13.1. The van der Waals surface area contributed by atoms with Gasteiger partial charge in [0.2, 0.25) is 5.96 Å². The molecule has 0 aliphatic heterocycles. The van der Waals surface area contributed by atoms with E-state index in [1.165, 1.54) is 0 Å². The molecule has 130 valence electrons. The molecule has 0 amide bonds. The fraction of sp³-hybridized carbons (Fsp3) is 0. The molecule has 0 aliphatic rings. The number of nitrogens with two attached hydrogens (primary N) is 2. The molecule has 4 nitrogen and oxygen atoms in total. The Hall–Kier alpha value is -2.08. The quantitative estimate of drug-likeness (QED) is 0.393. The van der Waals surface area contributed by atoms with Crippen LogP contribution in [0.3, 0.4) is 0 Å². The Kier molecular flexibility index (Phi) is 8.99. The summed E-state index contributed by atoms with van der Waals surface area (Å²) >= 11 is 12.3. The third-order valence-electron chi connectivity index (χ3n) is 2.96. The topological polar surface area (TPSA) is 76.8 Å². The van der Waals surface area contributed by atoms with E-state index in [9.17, 15) is 0 Å². The Morgan fingerprint density at radius 1 is 0.760 bits per heavy atom. The lowest BCUT2D eigenvalue weighted by Crippen LogP contribution is -2.22. The maximum absolute atomic E-state index is 6.13. The number of hydrogen-bond donors (Lipinski definition) is 2. The Balaban J connectivity index is 0.00000312. The van der Waals surface area contributed by atoms with Crippen LogP contribution in [-0.2, 0) is 0 Å². The highest BCUT2D eigenvalue weighted by Gasteiger charge is 1.97. The van der Waals surface area contributed by atoms with E-state index in [1.54, 1.807) is 12.2 Å². The van der Waals surface area contributed by atoms with E-state index in [0.717, 1.165) is 11.1 Å². The number of guanidine groups is 1. The summed E-state index contributed by atoms with van der Waals surface area (Å²) in [6.07, 6.45) is 7.20. The van der Waals surface area contributed by atoms with Crippen molar-refractivity contribution < 1.29 is 0 Å². The van der Waals surface area contributed by atoms with Crippen molar-refractivity contribution in [3.8, 4) is 0 Å². The largest absolute Gasteiger partial charge is 0.369 e. The van der Waals surface area contributed by atoms with Gasteiger partial charge < -0.3 is 11.5 Å². The van der Waals surface area contributed by atoms with E-state index in [4.69, 9.17) is 34.7 Å². The molecule has 2 aromatic rings. The predicted octanol–water partition coefficient (Wildman–Crippen LogP) is 4.93. The van der Waals surface area contributed by atoms with E-state index in [-0.39, 0.29) is 22.9 Å². The molecule has 2 rings (SSSR count). The smallest absolute Gasteiger partial charge is 0.211 e. The van der Waals surface area contributed by atoms with Crippen LogP contribution in [-0.4, -0.2) is 11.7 Å². The standard InChI is InChI=1S/C18H16Cl2N4.BrH/c19-16-7-3-1-5-13(16)9-11-15(23-24-18(21)22)12-10-14-6-2-4-8-17(14)20;/h1-12H,(H4,21,22,24);1H. The van der Waals surface area contributed by atoms with Gasteiger partial charge >= 0.3 is 0 Å². The van der Waals surface area contributed by atoms with Crippen molar-refractivity contribution in [3.63, 3.8) is 0 Å². The van der Waals surface area contributed by atoms with Crippen LogP contribution in [0.1, 0.15) is 11.1 Å². The fourth-order valence-electron chi connectivity index (χ4n) is 1.81. The van der Waals surface area contributed by atoms with Gasteiger partial charge in [0.15, 0.2) is 0 Å². The zero-order chi connectivity index (χ0) is 17.4. The van der Waals surface area contributed by atoms with Crippen LogP contribution in [0.5, 0.6) is 0 Å². The highest BCUT2D eigenvalue weighted by Crippen LogP contribution is 2.18. The van der Waals surface area contributed by atoms with E-state index >= 15 is 0 Å². The lowest BCUT2D eigenvalue weighted by molar-refractivity contribution is 1.21. The van der Waals surface area contributed by atoms with Crippen LogP contribution in [0.25, 0.3) is 12.2 Å². The summed E-state index contributed by atoms with van der Waals surface area (Å²) in [5.41, 5.74) is 12.9. The molecule has 4 N–H and O–H groups in total. The number of hydrogen-bond acceptors (Lipinski definition) is 2. The molecule has 0 aromatic heterocycles. The van der Waals surface area contributed by atoms with Gasteiger partial charge in [-0.25, -0.2) is 0 Å². The van der Waals surface area contributed by atoms with Gasteiger partial charge in [0.1, 0.15) is 0 Å². The van der Waals surface area contributed by atoms with Crippen LogP contribution < -0.4 is 11.5 Å². The second-order valence-corrected chi connectivity index (χ2v) is 5.57. The number of rotatable bonds is 5. The fourth-order valence-corrected chi connectivity index (χ4v) is 2.21. The Bertz CT molecular complexity index is 768. The van der Waals surface area contributed by atoms with Gasteiger partial charge in [-0.05, 0) is 35.4 Å². The third-order valence-corrected chi connectivity index (χ3v) is 3.65. The molecule has 0 aliphatic carbocycles. The van der Waals surface area contributed by atoms with E-state index in [2.05, 4.69) is 10.2 Å². The number of allylic oxidation sites excluding steroid dienone is 2. The predicted molar refractivity (Wildman–Crippen MR) is 115 cm³/mol. The summed E-state index contributed by atoms with van der Waals surface area (Å²) in [6, 6.07) is 15.0. The molecule has 0 unspecified atom stereocenters. The van der Waals surface area contributed by atoms with Gasteiger partial charge in [-0.3, -0.25) is 0 Å². The van der Waals surface area contributed by atoms with Crippen molar-refractivity contribution in [3.05, 3.63) is 81.9 Å². The number of benzene rings is 2. The summed E-state index contributed by atoms with van der Waals surface area (Å²) in [6.45, 7) is 0. The Morgan fingerprint density at radius 3 is 1.60 bits per heavy atom. The summed E-state index contributed by atoms with van der Waals surface area (Å²) in [7, 11) is 0. The molecular weight excluding hydrogens is 423 g/mol. The molecule has 7 heteroatoms. The molecule has 0 fully saturated rings. The van der Waals surface area contributed by atoms with Gasteiger partial charge in [0, 0.05) is 10.0 Å². The molecule has 0 heterocycles. The Labute approximate surface area is 167 Å². The Morgan fingerprint density at radius 2 is 1.20 bits per heavy atom. The van der Waals surface area contributed by atoms with Crippen molar-refractivity contribution in [2.24, 2.45) is 21.7 Å². The van der Waals surface area contributed by atoms with Crippen molar-refractivity contribution in [2.75, 3.05) is 0 Å². The number of nitrogens with zero attached hydrogens (tertiary/aromatic N) is 2. The molecule has 0 atom stereocenters. The van der Waals surface area contributed by atoms with E-state index < -0.39 is 0 Å². The van der Waals surface area contributed by atoms with Gasteiger partial charge in [-0.1, -0.05) is 71.8 Å². The van der Waals surface area contributed by atoms with Gasteiger partial charge in [0.25, 0.3) is 0 Å². The molecule has 0 spiro atoms. The van der Waals surface area contributed by atoms with Crippen LogP contribution in [0, 0.1) is 0 Å². The SMILES string of the molecule is Br.NC(N)=NN=C(C=Cc1ccccc1Cl)C=Cc1ccccc1Cl. The molecule has 0 radical (unpaired) electrons. The summed E-state index contributed by atoms with van der Waals surface area (Å²) < 4.78 is 0. The minimum atomic E-state index is -0.121. The highest BCUT2D eigenvalue weighted by molar-refractivity contribution is 8.93. The highest BCUT2D eigenvalue weighted by atomic mass is 79.9. The third kappa shape index (κ3) is 7.13. The van der Waals surface area contributed by atoms with Crippen LogP contribution in [0.15, 0.2) is 70.9 Å². The molecule has 25 heavy (non-hydrogen) atoms. The second kappa shape index (κ2) is 10.7. The minimum absolute atomic E-state index is 0. The first-order valence-electron chi connectivity index (χ1n) is 7.08. The summed E-state index contributed by atoms with van der Waals surface area (Å²) in [5, 5.41) is 8.98. The van der Waals surface area contributed by atoms with Crippen molar-refractivity contribution in [1.82, 2.24) is 0 Å². The van der Waals surface area contributed by atoms with Gasteiger partial charge in [0.05, 0.1) is 5.71 Å². The molecule has 0 bridgehead atoms. The average molecular weight is 440 g/mol.